The lowest BCUT2D eigenvalue weighted by atomic mass is 9.75. The third kappa shape index (κ3) is 2.18. The van der Waals surface area contributed by atoms with Crippen LogP contribution < -0.4 is 15.1 Å². The molecule has 2 aliphatic carbocycles. The summed E-state index contributed by atoms with van der Waals surface area (Å²) in [4.78, 5) is 5.05. The molecule has 5 aliphatic rings. The van der Waals surface area contributed by atoms with Crippen molar-refractivity contribution in [2.24, 2.45) is 11.8 Å². The van der Waals surface area contributed by atoms with Crippen molar-refractivity contribution in [3.63, 3.8) is 0 Å². The van der Waals surface area contributed by atoms with Crippen LogP contribution in [-0.4, -0.2) is 24.5 Å². The molecule has 0 amide bonds. The van der Waals surface area contributed by atoms with Gasteiger partial charge in [-0.1, -0.05) is 48.6 Å². The number of hydrogen-bond acceptors (Lipinski definition) is 4. The average Bonchev–Trinajstić information content (AvgIpc) is 3.41. The van der Waals surface area contributed by atoms with Crippen LogP contribution >= 0.6 is 0 Å². The first-order valence-electron chi connectivity index (χ1n) is 10.9. The van der Waals surface area contributed by atoms with Crippen LogP contribution in [0.3, 0.4) is 0 Å². The maximum absolute atomic E-state index is 6.37. The number of allylic oxidation sites excluding steroid dienone is 1. The molecule has 0 radical (unpaired) electrons. The molecule has 7 rings (SSSR count). The van der Waals surface area contributed by atoms with Crippen LogP contribution in [0, 0.1) is 11.8 Å². The molecule has 5 unspecified atom stereocenters. The number of nitrogens with one attached hydrogen (secondary N) is 1. The Hall–Kier alpha value is -2.72. The highest BCUT2D eigenvalue weighted by molar-refractivity contribution is 5.93. The summed E-state index contributed by atoms with van der Waals surface area (Å²) >= 11 is 0. The van der Waals surface area contributed by atoms with Gasteiger partial charge in [-0.05, 0) is 55.4 Å². The van der Waals surface area contributed by atoms with E-state index in [-0.39, 0.29) is 12.4 Å². The van der Waals surface area contributed by atoms with Gasteiger partial charge in [0, 0.05) is 0 Å². The number of hydrogen-bond donors (Lipinski definition) is 1. The fourth-order valence-electron chi connectivity index (χ4n) is 6.23. The van der Waals surface area contributed by atoms with Crippen molar-refractivity contribution in [1.82, 2.24) is 0 Å². The van der Waals surface area contributed by atoms with Gasteiger partial charge in [-0.25, -0.2) is 0 Å². The summed E-state index contributed by atoms with van der Waals surface area (Å²) in [5.74, 6) is 1.28. The Kier molecular flexibility index (Phi) is 3.28. The third-order valence-electron chi connectivity index (χ3n) is 7.47. The Bertz CT molecular complexity index is 1030. The van der Waals surface area contributed by atoms with E-state index in [4.69, 9.17) is 4.74 Å². The van der Waals surface area contributed by atoms with Crippen LogP contribution in [0.5, 0.6) is 0 Å². The minimum atomic E-state index is 0.139. The van der Waals surface area contributed by atoms with E-state index in [1.807, 2.05) is 0 Å². The molecule has 0 bridgehead atoms. The first-order chi connectivity index (χ1) is 14.4. The molecule has 2 aromatic carbocycles. The SMILES string of the molecule is C1=CC2OC3C=CC(N4c5ccccc5N5c6ccccc6NC54)C[C@@H]3C2CC1. The molecule has 0 spiro atoms. The van der Waals surface area contributed by atoms with Crippen molar-refractivity contribution in [2.75, 3.05) is 15.1 Å². The summed E-state index contributed by atoms with van der Waals surface area (Å²) < 4.78 is 6.37. The van der Waals surface area contributed by atoms with Crippen LogP contribution in [0.4, 0.5) is 22.7 Å². The molecular formula is C25H25N3O. The molecule has 6 atom stereocenters. The Labute approximate surface area is 171 Å². The highest BCUT2D eigenvalue weighted by Crippen LogP contribution is 2.53. The molecule has 0 saturated carbocycles. The summed E-state index contributed by atoms with van der Waals surface area (Å²) in [6.45, 7) is 0. The van der Waals surface area contributed by atoms with E-state index in [2.05, 4.69) is 88.0 Å². The monoisotopic (exact) mass is 383 g/mol. The molecule has 4 nitrogen and oxygen atoms in total. The fraction of sp³-hybridized carbons (Fsp3) is 0.360. The predicted octanol–water partition coefficient (Wildman–Crippen LogP) is 5.03. The van der Waals surface area contributed by atoms with Gasteiger partial charge in [0.25, 0.3) is 0 Å². The van der Waals surface area contributed by atoms with E-state index in [1.165, 1.54) is 35.6 Å². The summed E-state index contributed by atoms with van der Waals surface area (Å²) in [5.41, 5.74) is 5.11. The lowest BCUT2D eigenvalue weighted by Crippen LogP contribution is -2.50. The minimum absolute atomic E-state index is 0.139. The summed E-state index contributed by atoms with van der Waals surface area (Å²) in [7, 11) is 0. The predicted molar refractivity (Wildman–Crippen MR) is 116 cm³/mol. The molecule has 146 valence electrons. The van der Waals surface area contributed by atoms with Gasteiger partial charge < -0.3 is 15.0 Å². The van der Waals surface area contributed by atoms with Gasteiger partial charge in [0.15, 0.2) is 6.29 Å². The Morgan fingerprint density at radius 1 is 0.828 bits per heavy atom. The molecular weight excluding hydrogens is 358 g/mol. The molecule has 1 N–H and O–H groups in total. The smallest absolute Gasteiger partial charge is 0.183 e. The van der Waals surface area contributed by atoms with Crippen molar-refractivity contribution in [3.8, 4) is 0 Å². The van der Waals surface area contributed by atoms with Crippen molar-refractivity contribution >= 4 is 22.7 Å². The van der Waals surface area contributed by atoms with Gasteiger partial charge in [0.2, 0.25) is 0 Å². The van der Waals surface area contributed by atoms with Gasteiger partial charge in [0.1, 0.15) is 0 Å². The highest BCUT2D eigenvalue weighted by Gasteiger charge is 2.49. The second-order valence-corrected chi connectivity index (χ2v) is 8.89. The number of ether oxygens (including phenoxy) is 1. The van der Waals surface area contributed by atoms with Crippen molar-refractivity contribution in [3.05, 3.63) is 72.8 Å². The zero-order chi connectivity index (χ0) is 18.9. The molecule has 1 saturated heterocycles. The zero-order valence-corrected chi connectivity index (χ0v) is 16.3. The molecule has 1 fully saturated rings. The average molecular weight is 383 g/mol. The van der Waals surface area contributed by atoms with E-state index >= 15 is 0 Å². The van der Waals surface area contributed by atoms with E-state index in [9.17, 15) is 0 Å². The van der Waals surface area contributed by atoms with Crippen LogP contribution in [0.2, 0.25) is 0 Å². The molecule has 3 heterocycles. The quantitative estimate of drug-likeness (QED) is 0.699. The normalized spacial score (nSPS) is 35.6. The van der Waals surface area contributed by atoms with Crippen LogP contribution in [0.15, 0.2) is 72.8 Å². The number of nitrogens with zero attached hydrogens (tertiary/aromatic N) is 2. The van der Waals surface area contributed by atoms with Gasteiger partial charge in [0.05, 0.1) is 41.0 Å². The standard InChI is InChI=1S/C25H25N3O/c1-6-12-23-17(7-1)18-15-16(13-14-24(18)29-23)27-21-10-4-5-11-22(21)28-20-9-3-2-8-19(20)26-25(27)28/h2-6,8-14,16-18,23-26H,1,7,15H2/t16?,17?,18-,23?,24?,25?/m1/s1. The fourth-order valence-corrected chi connectivity index (χ4v) is 6.23. The van der Waals surface area contributed by atoms with Crippen LogP contribution in [-0.2, 0) is 4.74 Å². The Balaban J connectivity index is 1.27. The maximum Gasteiger partial charge on any atom is 0.183 e. The van der Waals surface area contributed by atoms with Crippen LogP contribution in [0.1, 0.15) is 19.3 Å². The second-order valence-electron chi connectivity index (χ2n) is 8.89. The van der Waals surface area contributed by atoms with Crippen LogP contribution in [0.25, 0.3) is 0 Å². The van der Waals surface area contributed by atoms with Gasteiger partial charge >= 0.3 is 0 Å². The van der Waals surface area contributed by atoms with E-state index in [1.54, 1.807) is 0 Å². The van der Waals surface area contributed by atoms with Gasteiger partial charge in [-0.3, -0.25) is 4.90 Å². The Morgan fingerprint density at radius 3 is 2.55 bits per heavy atom. The van der Waals surface area contributed by atoms with Crippen molar-refractivity contribution < 1.29 is 4.74 Å². The summed E-state index contributed by atoms with van der Waals surface area (Å²) in [6, 6.07) is 17.9. The second kappa shape index (κ2) is 5.90. The largest absolute Gasteiger partial charge is 0.366 e. The van der Waals surface area contributed by atoms with Gasteiger partial charge in [-0.15, -0.1) is 0 Å². The van der Waals surface area contributed by atoms with E-state index < -0.39 is 0 Å². The molecule has 29 heavy (non-hydrogen) atoms. The van der Waals surface area contributed by atoms with Gasteiger partial charge in [-0.2, -0.15) is 0 Å². The topological polar surface area (TPSA) is 27.7 Å². The number of para-hydroxylation sites is 4. The zero-order valence-electron chi connectivity index (χ0n) is 16.3. The van der Waals surface area contributed by atoms with Crippen molar-refractivity contribution in [2.45, 2.75) is 43.8 Å². The molecule has 2 aromatic rings. The molecule has 0 aromatic heterocycles. The third-order valence-corrected chi connectivity index (χ3v) is 7.47. The summed E-state index contributed by atoms with van der Waals surface area (Å²) in [6.07, 6.45) is 13.7. The Morgan fingerprint density at radius 2 is 1.62 bits per heavy atom. The number of fused-ring (bicyclic) bond motifs is 8. The highest BCUT2D eigenvalue weighted by atomic mass is 16.5. The van der Waals surface area contributed by atoms with Crippen molar-refractivity contribution in [1.29, 1.82) is 0 Å². The maximum atomic E-state index is 6.37. The number of anilines is 4. The first kappa shape index (κ1) is 16.1. The summed E-state index contributed by atoms with van der Waals surface area (Å²) in [5, 5.41) is 3.78. The lowest BCUT2D eigenvalue weighted by molar-refractivity contribution is 0.0774. The molecule has 4 heteroatoms. The molecule has 3 aliphatic heterocycles. The van der Waals surface area contributed by atoms with E-state index in [0.717, 1.165) is 6.42 Å². The van der Waals surface area contributed by atoms with E-state index in [0.29, 0.717) is 24.0 Å². The number of rotatable bonds is 1. The lowest BCUT2D eigenvalue weighted by Gasteiger charge is -2.38. The first-order valence-corrected chi connectivity index (χ1v) is 10.9. The number of benzene rings is 2. The minimum Gasteiger partial charge on any atom is -0.366 e.